The van der Waals surface area contributed by atoms with Crippen LogP contribution in [-0.2, 0) is 16.0 Å². The van der Waals surface area contributed by atoms with Crippen LogP contribution in [0.15, 0.2) is 6.20 Å². The van der Waals surface area contributed by atoms with Crippen LogP contribution in [0.4, 0.5) is 10.5 Å². The molecule has 7 nitrogen and oxygen atoms in total. The van der Waals surface area contributed by atoms with Crippen LogP contribution in [0, 0.1) is 0 Å². The first-order chi connectivity index (χ1) is 8.79. The Balaban J connectivity index is 2.33. The van der Waals surface area contributed by atoms with Crippen molar-refractivity contribution in [2.24, 2.45) is 0 Å². The predicted octanol–water partition coefficient (Wildman–Crippen LogP) is 1.55. The third-order valence-electron chi connectivity index (χ3n) is 2.81. The number of carbonyl (C=O) groups is 2. The highest BCUT2D eigenvalue weighted by Crippen LogP contribution is 2.30. The standard InChI is InChI=1S/C12H17N3O4/c1-12(2,3)19-11(18)15-8(10(16)17)5-4-7-9(15)6-13-14-7/h6,8H,4-5H2,1-3H3,(H,13,14)(H,16,17). The summed E-state index contributed by atoms with van der Waals surface area (Å²) in [7, 11) is 0. The maximum absolute atomic E-state index is 12.2. The number of hydrogen-bond acceptors (Lipinski definition) is 4. The molecule has 19 heavy (non-hydrogen) atoms. The minimum absolute atomic E-state index is 0.337. The van der Waals surface area contributed by atoms with E-state index in [0.717, 1.165) is 10.6 Å². The summed E-state index contributed by atoms with van der Waals surface area (Å²) in [5, 5.41) is 15.9. The van der Waals surface area contributed by atoms with Crippen molar-refractivity contribution in [2.45, 2.75) is 45.3 Å². The van der Waals surface area contributed by atoms with Crippen molar-refractivity contribution < 1.29 is 19.4 Å². The van der Waals surface area contributed by atoms with E-state index >= 15 is 0 Å². The zero-order chi connectivity index (χ0) is 14.2. The zero-order valence-corrected chi connectivity index (χ0v) is 11.1. The van der Waals surface area contributed by atoms with E-state index in [9.17, 15) is 14.7 Å². The van der Waals surface area contributed by atoms with Crippen molar-refractivity contribution in [1.82, 2.24) is 10.2 Å². The largest absolute Gasteiger partial charge is 0.480 e. The van der Waals surface area contributed by atoms with Gasteiger partial charge in [-0.15, -0.1) is 0 Å². The number of aliphatic carboxylic acids is 1. The molecule has 0 saturated heterocycles. The number of amides is 1. The summed E-state index contributed by atoms with van der Waals surface area (Å²) in [5.41, 5.74) is 0.554. The van der Waals surface area contributed by atoms with Crippen LogP contribution in [0.2, 0.25) is 0 Å². The number of nitrogens with zero attached hydrogens (tertiary/aromatic N) is 2. The highest BCUT2D eigenvalue weighted by atomic mass is 16.6. The Morgan fingerprint density at radius 1 is 1.53 bits per heavy atom. The topological polar surface area (TPSA) is 95.5 Å². The van der Waals surface area contributed by atoms with E-state index < -0.39 is 23.7 Å². The van der Waals surface area contributed by atoms with Gasteiger partial charge in [0.2, 0.25) is 0 Å². The third-order valence-corrected chi connectivity index (χ3v) is 2.81. The van der Waals surface area contributed by atoms with Gasteiger partial charge in [-0.3, -0.25) is 10.00 Å². The van der Waals surface area contributed by atoms with Crippen LogP contribution in [0.5, 0.6) is 0 Å². The van der Waals surface area contributed by atoms with Crippen molar-refractivity contribution in [3.8, 4) is 0 Å². The van der Waals surface area contributed by atoms with Gasteiger partial charge in [-0.1, -0.05) is 0 Å². The molecule has 0 spiro atoms. The summed E-state index contributed by atoms with van der Waals surface area (Å²) in [6.07, 6.45) is 1.67. The molecule has 0 bridgehead atoms. The van der Waals surface area contributed by atoms with Gasteiger partial charge in [0.1, 0.15) is 11.6 Å². The molecular weight excluding hydrogens is 250 g/mol. The van der Waals surface area contributed by atoms with Crippen molar-refractivity contribution in [1.29, 1.82) is 0 Å². The van der Waals surface area contributed by atoms with E-state index in [0.29, 0.717) is 18.5 Å². The van der Waals surface area contributed by atoms with Crippen LogP contribution in [0.3, 0.4) is 0 Å². The number of anilines is 1. The summed E-state index contributed by atoms with van der Waals surface area (Å²) >= 11 is 0. The maximum Gasteiger partial charge on any atom is 0.415 e. The molecule has 1 amide bonds. The first kappa shape index (κ1) is 13.4. The van der Waals surface area contributed by atoms with Gasteiger partial charge in [-0.2, -0.15) is 5.10 Å². The normalized spacial score (nSPS) is 18.9. The van der Waals surface area contributed by atoms with Gasteiger partial charge in [0.15, 0.2) is 0 Å². The Bertz CT molecular complexity index is 503. The quantitative estimate of drug-likeness (QED) is 0.804. The third kappa shape index (κ3) is 2.69. The fourth-order valence-corrected chi connectivity index (χ4v) is 2.05. The average Bonchev–Trinajstić information content (AvgIpc) is 2.72. The van der Waals surface area contributed by atoms with E-state index in [4.69, 9.17) is 4.74 Å². The van der Waals surface area contributed by atoms with Crippen LogP contribution in [0.1, 0.15) is 32.9 Å². The lowest BCUT2D eigenvalue weighted by molar-refractivity contribution is -0.138. The first-order valence-corrected chi connectivity index (χ1v) is 6.07. The Morgan fingerprint density at radius 2 is 2.21 bits per heavy atom. The predicted molar refractivity (Wildman–Crippen MR) is 67.0 cm³/mol. The molecule has 1 aromatic rings. The van der Waals surface area contributed by atoms with Crippen LogP contribution < -0.4 is 4.90 Å². The smallest absolute Gasteiger partial charge is 0.415 e. The molecule has 1 aliphatic rings. The van der Waals surface area contributed by atoms with E-state index in [1.54, 1.807) is 20.8 Å². The number of hydrogen-bond donors (Lipinski definition) is 2. The van der Waals surface area contributed by atoms with Crippen molar-refractivity contribution in [3.63, 3.8) is 0 Å². The summed E-state index contributed by atoms with van der Waals surface area (Å²) in [5.74, 6) is -1.04. The van der Waals surface area contributed by atoms with E-state index in [1.807, 2.05) is 0 Å². The number of ether oxygens (including phenoxy) is 1. The van der Waals surface area contributed by atoms with Crippen LogP contribution in [0.25, 0.3) is 0 Å². The second-order valence-corrected chi connectivity index (χ2v) is 5.48. The number of carbonyl (C=O) groups excluding carboxylic acids is 1. The highest BCUT2D eigenvalue weighted by Gasteiger charge is 2.38. The van der Waals surface area contributed by atoms with Gasteiger partial charge in [0, 0.05) is 0 Å². The lowest BCUT2D eigenvalue weighted by atomic mass is 10.0. The number of fused-ring (bicyclic) bond motifs is 1. The molecule has 2 N–H and O–H groups in total. The van der Waals surface area contributed by atoms with E-state index in [1.165, 1.54) is 6.20 Å². The molecule has 0 radical (unpaired) electrons. The summed E-state index contributed by atoms with van der Waals surface area (Å²) in [6.45, 7) is 5.21. The number of aryl methyl sites for hydroxylation is 1. The number of aromatic amines is 1. The Kier molecular flexibility index (Phi) is 3.21. The zero-order valence-electron chi connectivity index (χ0n) is 11.1. The van der Waals surface area contributed by atoms with Crippen LogP contribution in [-0.4, -0.2) is 39.0 Å². The molecule has 0 aliphatic carbocycles. The number of nitrogens with one attached hydrogen (secondary N) is 1. The molecule has 1 atom stereocenters. The molecule has 7 heteroatoms. The van der Waals surface area contributed by atoms with Gasteiger partial charge < -0.3 is 9.84 Å². The lowest BCUT2D eigenvalue weighted by Gasteiger charge is -2.33. The number of rotatable bonds is 1. The molecular formula is C12H17N3O4. The second-order valence-electron chi connectivity index (χ2n) is 5.48. The van der Waals surface area contributed by atoms with Crippen LogP contribution >= 0.6 is 0 Å². The summed E-state index contributed by atoms with van der Waals surface area (Å²) in [6, 6.07) is -0.917. The van der Waals surface area contributed by atoms with E-state index in [2.05, 4.69) is 10.2 Å². The number of aromatic nitrogens is 2. The Hall–Kier alpha value is -2.05. The molecule has 0 saturated carbocycles. The molecule has 0 aromatic carbocycles. The van der Waals surface area contributed by atoms with Gasteiger partial charge in [-0.25, -0.2) is 9.59 Å². The van der Waals surface area contributed by atoms with Crippen molar-refractivity contribution >= 4 is 17.7 Å². The molecule has 1 aliphatic heterocycles. The van der Waals surface area contributed by atoms with Gasteiger partial charge >= 0.3 is 12.1 Å². The molecule has 1 unspecified atom stereocenters. The molecule has 0 fully saturated rings. The fourth-order valence-electron chi connectivity index (χ4n) is 2.05. The lowest BCUT2D eigenvalue weighted by Crippen LogP contribution is -2.49. The summed E-state index contributed by atoms with van der Waals surface area (Å²) < 4.78 is 5.27. The fraction of sp³-hybridized carbons (Fsp3) is 0.583. The van der Waals surface area contributed by atoms with E-state index in [-0.39, 0.29) is 0 Å². The first-order valence-electron chi connectivity index (χ1n) is 6.07. The van der Waals surface area contributed by atoms with Gasteiger partial charge in [-0.05, 0) is 33.6 Å². The molecule has 2 heterocycles. The SMILES string of the molecule is CC(C)(C)OC(=O)N1c2cn[nH]c2CCC1C(=O)O. The number of carboxylic acid groups (broad SMARTS) is 1. The van der Waals surface area contributed by atoms with Crippen molar-refractivity contribution in [3.05, 3.63) is 11.9 Å². The summed E-state index contributed by atoms with van der Waals surface area (Å²) in [4.78, 5) is 24.6. The molecule has 1 aromatic heterocycles. The van der Waals surface area contributed by atoms with Crippen molar-refractivity contribution in [2.75, 3.05) is 4.90 Å². The Morgan fingerprint density at radius 3 is 2.79 bits per heavy atom. The number of H-pyrrole nitrogens is 1. The maximum atomic E-state index is 12.2. The molecule has 2 rings (SSSR count). The molecule has 104 valence electrons. The highest BCUT2D eigenvalue weighted by molar-refractivity contribution is 5.96. The second kappa shape index (κ2) is 4.56. The number of carboxylic acids is 1. The van der Waals surface area contributed by atoms with Gasteiger partial charge in [0.05, 0.1) is 17.6 Å². The van der Waals surface area contributed by atoms with Gasteiger partial charge in [0.25, 0.3) is 0 Å². The average molecular weight is 267 g/mol. The Labute approximate surface area is 110 Å². The monoisotopic (exact) mass is 267 g/mol. The minimum Gasteiger partial charge on any atom is -0.480 e. The minimum atomic E-state index is -1.04.